The maximum absolute atomic E-state index is 12.7. The van der Waals surface area contributed by atoms with Gasteiger partial charge < -0.3 is 14.5 Å². The van der Waals surface area contributed by atoms with Crippen LogP contribution in [-0.4, -0.2) is 33.5 Å². The van der Waals surface area contributed by atoms with Gasteiger partial charge in [-0.3, -0.25) is 9.36 Å². The summed E-state index contributed by atoms with van der Waals surface area (Å²) in [6.07, 6.45) is 1.64. The molecule has 0 unspecified atom stereocenters. The van der Waals surface area contributed by atoms with Gasteiger partial charge in [-0.05, 0) is 61.7 Å². The molecule has 4 rings (SSSR count). The Bertz CT molecular complexity index is 1270. The lowest BCUT2D eigenvalue weighted by atomic mass is 10.0. The summed E-state index contributed by atoms with van der Waals surface area (Å²) in [4.78, 5) is 12.7. The Morgan fingerprint density at radius 1 is 1.12 bits per heavy atom. The predicted octanol–water partition coefficient (Wildman–Crippen LogP) is 5.18. The molecular weight excluding hydrogens is 448 g/mol. The number of aromatic nitrogens is 3. The Labute approximate surface area is 203 Å². The quantitative estimate of drug-likeness (QED) is 0.335. The minimum Gasteiger partial charge on any atom is -0.497 e. The van der Waals surface area contributed by atoms with E-state index in [1.165, 1.54) is 22.9 Å². The molecule has 0 fully saturated rings. The van der Waals surface area contributed by atoms with Gasteiger partial charge in [0.1, 0.15) is 11.5 Å². The molecule has 34 heavy (non-hydrogen) atoms. The fourth-order valence-corrected chi connectivity index (χ4v) is 4.35. The number of rotatable bonds is 9. The highest BCUT2D eigenvalue weighted by Crippen LogP contribution is 2.28. The average molecular weight is 477 g/mol. The molecular formula is C26H28N4O3S. The molecule has 0 saturated heterocycles. The smallest absolute Gasteiger partial charge is 0.230 e. The predicted molar refractivity (Wildman–Crippen MR) is 133 cm³/mol. The van der Waals surface area contributed by atoms with E-state index < -0.39 is 0 Å². The second kappa shape index (κ2) is 10.6. The molecule has 1 atom stereocenters. The first-order valence-electron chi connectivity index (χ1n) is 11.0. The van der Waals surface area contributed by atoms with Gasteiger partial charge in [0.2, 0.25) is 5.91 Å². The molecule has 0 bridgehead atoms. The molecule has 0 radical (unpaired) electrons. The lowest BCUT2D eigenvalue weighted by Gasteiger charge is -2.16. The molecule has 0 aliphatic carbocycles. The molecule has 0 saturated carbocycles. The van der Waals surface area contributed by atoms with Crippen molar-refractivity contribution in [1.29, 1.82) is 0 Å². The van der Waals surface area contributed by atoms with Gasteiger partial charge in [0.25, 0.3) is 0 Å². The van der Waals surface area contributed by atoms with Crippen molar-refractivity contribution in [2.24, 2.45) is 0 Å². The van der Waals surface area contributed by atoms with Crippen molar-refractivity contribution < 1.29 is 13.9 Å². The number of carbonyl (C=O) groups excluding carboxylic acids is 1. The Balaban J connectivity index is 1.50. The van der Waals surface area contributed by atoms with E-state index in [0.717, 1.165) is 22.6 Å². The molecule has 0 aliphatic heterocycles. The van der Waals surface area contributed by atoms with Crippen molar-refractivity contribution >= 4 is 17.7 Å². The molecule has 176 valence electrons. The minimum atomic E-state index is -0.0827. The van der Waals surface area contributed by atoms with Gasteiger partial charge >= 0.3 is 0 Å². The Morgan fingerprint density at radius 2 is 1.97 bits per heavy atom. The van der Waals surface area contributed by atoms with Crippen LogP contribution in [0.3, 0.4) is 0 Å². The average Bonchev–Trinajstić information content (AvgIpc) is 3.50. The second-order valence-corrected chi connectivity index (χ2v) is 9.07. The van der Waals surface area contributed by atoms with E-state index >= 15 is 0 Å². The summed E-state index contributed by atoms with van der Waals surface area (Å²) in [5.74, 6) is 2.36. The van der Waals surface area contributed by atoms with E-state index in [-0.39, 0.29) is 17.7 Å². The third-order valence-electron chi connectivity index (χ3n) is 5.68. The summed E-state index contributed by atoms with van der Waals surface area (Å²) >= 11 is 1.35. The van der Waals surface area contributed by atoms with Gasteiger partial charge in [-0.15, -0.1) is 10.2 Å². The number of furan rings is 1. The van der Waals surface area contributed by atoms with Crippen molar-refractivity contribution in [2.45, 2.75) is 38.5 Å². The van der Waals surface area contributed by atoms with Crippen molar-refractivity contribution in [3.63, 3.8) is 0 Å². The molecule has 1 N–H and O–H groups in total. The molecule has 2 heterocycles. The number of ether oxygens (including phenoxy) is 1. The van der Waals surface area contributed by atoms with E-state index in [0.29, 0.717) is 17.5 Å². The van der Waals surface area contributed by atoms with Gasteiger partial charge in [0, 0.05) is 5.56 Å². The zero-order valence-corrected chi connectivity index (χ0v) is 20.6. The number of thioether (sulfide) groups is 1. The van der Waals surface area contributed by atoms with Crippen LogP contribution in [0.1, 0.15) is 35.4 Å². The first-order valence-corrected chi connectivity index (χ1v) is 12.0. The Morgan fingerprint density at radius 3 is 2.71 bits per heavy atom. The van der Waals surface area contributed by atoms with E-state index in [1.807, 2.05) is 47.9 Å². The van der Waals surface area contributed by atoms with Crippen molar-refractivity contribution in [1.82, 2.24) is 20.1 Å². The molecule has 1 amide bonds. The lowest BCUT2D eigenvalue weighted by Crippen LogP contribution is -2.28. The van der Waals surface area contributed by atoms with Gasteiger partial charge in [-0.1, -0.05) is 42.1 Å². The van der Waals surface area contributed by atoms with Crippen LogP contribution in [-0.2, 0) is 11.3 Å². The summed E-state index contributed by atoms with van der Waals surface area (Å²) < 4.78 is 12.9. The number of aryl methyl sites for hydroxylation is 2. The fraction of sp³-hybridized carbons (Fsp3) is 0.269. The van der Waals surface area contributed by atoms with Crippen LogP contribution in [0.4, 0.5) is 0 Å². The van der Waals surface area contributed by atoms with E-state index in [1.54, 1.807) is 13.4 Å². The second-order valence-electron chi connectivity index (χ2n) is 8.13. The number of benzene rings is 2. The summed E-state index contributed by atoms with van der Waals surface area (Å²) in [5.41, 5.74) is 4.41. The molecule has 7 nitrogen and oxygen atoms in total. The van der Waals surface area contributed by atoms with Gasteiger partial charge in [-0.2, -0.15) is 0 Å². The fourth-order valence-electron chi connectivity index (χ4n) is 3.60. The number of hydrogen-bond acceptors (Lipinski definition) is 6. The summed E-state index contributed by atoms with van der Waals surface area (Å²) in [5, 5.41) is 12.5. The van der Waals surface area contributed by atoms with Crippen molar-refractivity contribution in [3.05, 3.63) is 83.3 Å². The van der Waals surface area contributed by atoms with E-state index in [4.69, 9.17) is 9.15 Å². The number of nitrogens with one attached hydrogen (secondary N) is 1. The number of hydrogen-bond donors (Lipinski definition) is 1. The molecule has 8 heteroatoms. The number of nitrogens with zero attached hydrogens (tertiary/aromatic N) is 3. The standard InChI is InChI=1S/C26H28N4O3S/c1-17-10-11-20(13-18(17)2)19(3)27-24(31)16-34-26-29-28-25(21-7-5-8-22(14-21)32-4)30(26)15-23-9-6-12-33-23/h5-14,19H,15-16H2,1-4H3,(H,27,31)/t19-/m0/s1. The molecule has 0 aliphatic rings. The highest BCUT2D eigenvalue weighted by atomic mass is 32.2. The van der Waals surface area contributed by atoms with Crippen LogP contribution in [0.15, 0.2) is 70.4 Å². The SMILES string of the molecule is COc1cccc(-c2nnc(SCC(=O)N[C@@H](C)c3ccc(C)c(C)c3)n2Cc2ccco2)c1. The first-order chi connectivity index (χ1) is 16.4. The van der Waals surface area contributed by atoms with Crippen molar-refractivity contribution in [2.75, 3.05) is 12.9 Å². The third kappa shape index (κ3) is 5.51. The van der Waals surface area contributed by atoms with Crippen LogP contribution >= 0.6 is 11.8 Å². The highest BCUT2D eigenvalue weighted by Gasteiger charge is 2.18. The number of methoxy groups -OCH3 is 1. The van der Waals surface area contributed by atoms with Crippen molar-refractivity contribution in [3.8, 4) is 17.1 Å². The normalized spacial score (nSPS) is 11.9. The Hall–Kier alpha value is -3.52. The maximum atomic E-state index is 12.7. The van der Waals surface area contributed by atoms with E-state index in [9.17, 15) is 4.79 Å². The summed E-state index contributed by atoms with van der Waals surface area (Å²) in [6, 6.07) is 17.6. The topological polar surface area (TPSA) is 82.2 Å². The molecule has 0 spiro atoms. The zero-order valence-electron chi connectivity index (χ0n) is 19.7. The first kappa shape index (κ1) is 23.6. The minimum absolute atomic E-state index is 0.0637. The van der Waals surface area contributed by atoms with E-state index in [2.05, 4.69) is 47.6 Å². The monoisotopic (exact) mass is 476 g/mol. The lowest BCUT2D eigenvalue weighted by molar-refractivity contribution is -0.119. The molecule has 2 aromatic heterocycles. The third-order valence-corrected chi connectivity index (χ3v) is 6.65. The summed E-state index contributed by atoms with van der Waals surface area (Å²) in [7, 11) is 1.63. The van der Waals surface area contributed by atoms with Crippen LogP contribution in [0.2, 0.25) is 0 Å². The number of carbonyl (C=O) groups is 1. The maximum Gasteiger partial charge on any atom is 0.230 e. The van der Waals surface area contributed by atoms with Gasteiger partial charge in [-0.25, -0.2) is 0 Å². The largest absolute Gasteiger partial charge is 0.497 e. The van der Waals surface area contributed by atoms with Crippen LogP contribution < -0.4 is 10.1 Å². The molecule has 4 aromatic rings. The Kier molecular flexibility index (Phi) is 7.37. The van der Waals surface area contributed by atoms with Gasteiger partial charge in [0.15, 0.2) is 11.0 Å². The van der Waals surface area contributed by atoms with Crippen LogP contribution in [0, 0.1) is 13.8 Å². The van der Waals surface area contributed by atoms with Gasteiger partial charge in [0.05, 0.1) is 31.7 Å². The zero-order chi connectivity index (χ0) is 24.1. The van der Waals surface area contributed by atoms with Crippen LogP contribution in [0.5, 0.6) is 5.75 Å². The van der Waals surface area contributed by atoms with Crippen LogP contribution in [0.25, 0.3) is 11.4 Å². The summed E-state index contributed by atoms with van der Waals surface area (Å²) in [6.45, 7) is 6.61. The number of amides is 1. The molecule has 2 aromatic carbocycles. The highest BCUT2D eigenvalue weighted by molar-refractivity contribution is 7.99.